The van der Waals surface area contributed by atoms with Crippen LogP contribution in [-0.4, -0.2) is 20.7 Å². The Morgan fingerprint density at radius 3 is 2.38 bits per heavy atom. The Balaban J connectivity index is 1.80. The van der Waals surface area contributed by atoms with Crippen molar-refractivity contribution in [1.29, 1.82) is 0 Å². The molecule has 0 aliphatic rings. The number of nitrogens with zero attached hydrogens (tertiary/aromatic N) is 3. The second kappa shape index (κ2) is 7.69. The Kier molecular flexibility index (Phi) is 5.46. The summed E-state index contributed by atoms with van der Waals surface area (Å²) in [6.45, 7) is 7.49. The van der Waals surface area contributed by atoms with E-state index in [-0.39, 0.29) is 18.1 Å². The number of amides is 1. The predicted octanol–water partition coefficient (Wildman–Crippen LogP) is 4.70. The van der Waals surface area contributed by atoms with Crippen molar-refractivity contribution < 1.29 is 18.0 Å². The summed E-state index contributed by atoms with van der Waals surface area (Å²) in [6, 6.07) is 7.92. The van der Waals surface area contributed by atoms with E-state index in [1.165, 1.54) is 10.7 Å². The van der Waals surface area contributed by atoms with Gasteiger partial charge in [0, 0.05) is 23.1 Å². The van der Waals surface area contributed by atoms with E-state index in [1.54, 1.807) is 13.8 Å². The van der Waals surface area contributed by atoms with Crippen molar-refractivity contribution >= 4 is 11.6 Å². The quantitative estimate of drug-likeness (QED) is 0.688. The summed E-state index contributed by atoms with van der Waals surface area (Å²) in [6.07, 6.45) is -3.57. The molecule has 8 heteroatoms. The molecule has 2 aromatic heterocycles. The molecule has 1 N–H and O–H groups in total. The number of carbonyl (C=O) groups excluding carboxylic acids is 1. The molecule has 2 heterocycles. The lowest BCUT2D eigenvalue weighted by Crippen LogP contribution is -2.15. The number of anilines is 1. The Labute approximate surface area is 166 Å². The summed E-state index contributed by atoms with van der Waals surface area (Å²) in [7, 11) is 0. The Morgan fingerprint density at radius 1 is 1.07 bits per heavy atom. The molecule has 0 spiro atoms. The summed E-state index contributed by atoms with van der Waals surface area (Å²) >= 11 is 0. The number of nitrogens with one attached hydrogen (secondary N) is 1. The van der Waals surface area contributed by atoms with Gasteiger partial charge in [0.15, 0.2) is 5.82 Å². The molecule has 1 amide bonds. The number of aryl methyl sites for hydroxylation is 3. The molecule has 3 aromatic rings. The van der Waals surface area contributed by atoms with Crippen molar-refractivity contribution in [2.45, 2.75) is 40.3 Å². The molecule has 0 fully saturated rings. The number of alkyl halides is 3. The maximum Gasteiger partial charge on any atom is 0.417 e. The zero-order valence-corrected chi connectivity index (χ0v) is 16.6. The SMILES string of the molecule is Cc1ccc(NC(=O)Cc2c(C)nn(-c3ccc(C(F)(F)F)cn3)c2C)cc1C. The number of aromatic nitrogens is 3. The van der Waals surface area contributed by atoms with E-state index in [4.69, 9.17) is 0 Å². The number of hydrogen-bond acceptors (Lipinski definition) is 3. The molecule has 0 aliphatic heterocycles. The predicted molar refractivity (Wildman–Crippen MR) is 104 cm³/mol. The van der Waals surface area contributed by atoms with Gasteiger partial charge in [-0.15, -0.1) is 0 Å². The lowest BCUT2D eigenvalue weighted by molar-refractivity contribution is -0.137. The smallest absolute Gasteiger partial charge is 0.326 e. The molecule has 3 rings (SSSR count). The fraction of sp³-hybridized carbons (Fsp3) is 0.286. The maximum atomic E-state index is 12.7. The van der Waals surface area contributed by atoms with Gasteiger partial charge in [0.2, 0.25) is 5.91 Å². The highest BCUT2D eigenvalue weighted by Crippen LogP contribution is 2.29. The molecule has 0 saturated carbocycles. The molecule has 29 heavy (non-hydrogen) atoms. The Morgan fingerprint density at radius 2 is 1.79 bits per heavy atom. The van der Waals surface area contributed by atoms with Gasteiger partial charge >= 0.3 is 6.18 Å². The molecule has 0 radical (unpaired) electrons. The maximum absolute atomic E-state index is 12.7. The average molecular weight is 402 g/mol. The second-order valence-electron chi connectivity index (χ2n) is 6.99. The van der Waals surface area contributed by atoms with Gasteiger partial charge in [0.05, 0.1) is 17.7 Å². The summed E-state index contributed by atoms with van der Waals surface area (Å²) in [5.41, 5.74) is 4.11. The number of carbonyl (C=O) groups is 1. The average Bonchev–Trinajstić information content (AvgIpc) is 2.92. The van der Waals surface area contributed by atoms with Gasteiger partial charge in [0.1, 0.15) is 0 Å². The fourth-order valence-electron chi connectivity index (χ4n) is 3.02. The summed E-state index contributed by atoms with van der Waals surface area (Å²) in [5, 5.41) is 7.22. The molecular weight excluding hydrogens is 381 g/mol. The minimum atomic E-state index is -4.45. The molecule has 0 saturated heterocycles. The minimum absolute atomic E-state index is 0.102. The number of benzene rings is 1. The zero-order valence-electron chi connectivity index (χ0n) is 16.6. The van der Waals surface area contributed by atoms with Gasteiger partial charge in [-0.2, -0.15) is 18.3 Å². The van der Waals surface area contributed by atoms with Crippen LogP contribution in [0.15, 0.2) is 36.5 Å². The van der Waals surface area contributed by atoms with Crippen LogP contribution in [0.4, 0.5) is 18.9 Å². The van der Waals surface area contributed by atoms with Crippen LogP contribution < -0.4 is 5.32 Å². The first-order chi connectivity index (χ1) is 13.6. The molecule has 0 unspecified atom stereocenters. The standard InChI is InChI=1S/C21H21F3N4O/c1-12-5-7-17(9-13(12)2)26-20(29)10-18-14(3)27-28(15(18)4)19-8-6-16(11-25-19)21(22,23)24/h5-9,11H,10H2,1-4H3,(H,26,29). The van der Waals surface area contributed by atoms with E-state index in [0.29, 0.717) is 22.6 Å². The lowest BCUT2D eigenvalue weighted by Gasteiger charge is -2.09. The van der Waals surface area contributed by atoms with E-state index < -0.39 is 11.7 Å². The van der Waals surface area contributed by atoms with Crippen LogP contribution in [0.5, 0.6) is 0 Å². The van der Waals surface area contributed by atoms with Crippen LogP contribution in [-0.2, 0) is 17.4 Å². The third-order valence-corrected chi connectivity index (χ3v) is 4.86. The van der Waals surface area contributed by atoms with E-state index >= 15 is 0 Å². The highest BCUT2D eigenvalue weighted by molar-refractivity contribution is 5.92. The topological polar surface area (TPSA) is 59.8 Å². The first-order valence-corrected chi connectivity index (χ1v) is 9.02. The lowest BCUT2D eigenvalue weighted by atomic mass is 10.1. The van der Waals surface area contributed by atoms with Crippen molar-refractivity contribution in [2.75, 3.05) is 5.32 Å². The third-order valence-electron chi connectivity index (χ3n) is 4.86. The third kappa shape index (κ3) is 4.47. The van der Waals surface area contributed by atoms with Gasteiger partial charge in [-0.05, 0) is 63.1 Å². The zero-order chi connectivity index (χ0) is 21.3. The second-order valence-corrected chi connectivity index (χ2v) is 6.99. The number of pyridine rings is 1. The molecule has 0 bridgehead atoms. The first-order valence-electron chi connectivity index (χ1n) is 9.02. The minimum Gasteiger partial charge on any atom is -0.326 e. The van der Waals surface area contributed by atoms with Crippen LogP contribution >= 0.6 is 0 Å². The van der Waals surface area contributed by atoms with Gasteiger partial charge < -0.3 is 5.32 Å². The summed E-state index contributed by atoms with van der Waals surface area (Å²) in [5.74, 6) is 0.0683. The Hall–Kier alpha value is -3.16. The van der Waals surface area contributed by atoms with Crippen molar-refractivity contribution in [3.8, 4) is 5.82 Å². The molecule has 0 atom stereocenters. The van der Waals surface area contributed by atoms with Gasteiger partial charge in [-0.3, -0.25) is 4.79 Å². The van der Waals surface area contributed by atoms with E-state index in [0.717, 1.165) is 23.4 Å². The summed E-state index contributed by atoms with van der Waals surface area (Å²) in [4.78, 5) is 16.4. The normalized spacial score (nSPS) is 11.6. The van der Waals surface area contributed by atoms with Crippen molar-refractivity contribution in [3.05, 3.63) is 70.2 Å². The summed E-state index contributed by atoms with van der Waals surface area (Å²) < 4.78 is 39.6. The highest BCUT2D eigenvalue weighted by Gasteiger charge is 2.30. The van der Waals surface area contributed by atoms with E-state index in [1.807, 2.05) is 32.0 Å². The van der Waals surface area contributed by atoms with Crippen LogP contribution in [0.1, 0.15) is 33.6 Å². The van der Waals surface area contributed by atoms with Gasteiger partial charge in [0.25, 0.3) is 0 Å². The molecule has 152 valence electrons. The largest absolute Gasteiger partial charge is 0.417 e. The monoisotopic (exact) mass is 402 g/mol. The highest BCUT2D eigenvalue weighted by atomic mass is 19.4. The first kappa shape index (κ1) is 20.6. The number of hydrogen-bond donors (Lipinski definition) is 1. The fourth-order valence-corrected chi connectivity index (χ4v) is 3.02. The molecular formula is C21H21F3N4O. The van der Waals surface area contributed by atoms with Gasteiger partial charge in [-0.25, -0.2) is 9.67 Å². The van der Waals surface area contributed by atoms with Gasteiger partial charge in [-0.1, -0.05) is 6.07 Å². The van der Waals surface area contributed by atoms with Crippen molar-refractivity contribution in [1.82, 2.24) is 14.8 Å². The molecule has 0 aliphatic carbocycles. The van der Waals surface area contributed by atoms with Crippen LogP contribution in [0, 0.1) is 27.7 Å². The van der Waals surface area contributed by atoms with Crippen molar-refractivity contribution in [3.63, 3.8) is 0 Å². The van der Waals surface area contributed by atoms with E-state index in [2.05, 4.69) is 15.4 Å². The molecule has 5 nitrogen and oxygen atoms in total. The number of rotatable bonds is 4. The van der Waals surface area contributed by atoms with Crippen LogP contribution in [0.3, 0.4) is 0 Å². The van der Waals surface area contributed by atoms with Crippen LogP contribution in [0.2, 0.25) is 0 Å². The van der Waals surface area contributed by atoms with Crippen LogP contribution in [0.25, 0.3) is 5.82 Å². The van der Waals surface area contributed by atoms with Crippen molar-refractivity contribution in [2.24, 2.45) is 0 Å². The molecule has 1 aromatic carbocycles. The number of halogens is 3. The van der Waals surface area contributed by atoms with E-state index in [9.17, 15) is 18.0 Å². The Bertz CT molecular complexity index is 1050.